The van der Waals surface area contributed by atoms with Gasteiger partial charge < -0.3 is 164 Å². The van der Waals surface area contributed by atoms with Crippen molar-refractivity contribution >= 4 is 5.97 Å². The topological polar surface area (TPSA) is 553 Å². The number of carbonyl (C=O) groups is 1. The van der Waals surface area contributed by atoms with Gasteiger partial charge in [-0.25, -0.2) is 0 Å². The highest BCUT2D eigenvalue weighted by molar-refractivity contribution is 5.77. The molecule has 37 unspecified atom stereocenters. The van der Waals surface area contributed by atoms with Gasteiger partial charge in [-0.05, 0) is 87.9 Å². The zero-order valence-corrected chi connectivity index (χ0v) is 49.8. The lowest BCUT2D eigenvalue weighted by atomic mass is 9.41. The number of rotatable bonds is 18. The minimum atomic E-state index is -2.09. The first-order valence-corrected chi connectivity index (χ1v) is 30.8. The van der Waals surface area contributed by atoms with Crippen LogP contribution in [0.15, 0.2) is 0 Å². The molecule has 6 heterocycles. The lowest BCUT2D eigenvalue weighted by Gasteiger charge is -2.64. The number of esters is 1. The maximum Gasteiger partial charge on any atom is 0.314 e. The van der Waals surface area contributed by atoms with E-state index in [9.17, 15) is 107 Å². The molecule has 6 saturated heterocycles. The minimum absolute atomic E-state index is 0.0701. The van der Waals surface area contributed by atoms with Crippen LogP contribution in [0.5, 0.6) is 0 Å². The second-order valence-corrected chi connectivity index (χ2v) is 27.1. The van der Waals surface area contributed by atoms with Crippen molar-refractivity contribution in [2.45, 2.75) is 274 Å². The fraction of sp³-hybridized carbons (Fsp3) is 0.982. The van der Waals surface area contributed by atoms with Crippen LogP contribution in [0.1, 0.15) is 78.6 Å². The van der Waals surface area contributed by atoms with Crippen LogP contribution in [-0.4, -0.2) is 348 Å². The summed E-state index contributed by atoms with van der Waals surface area (Å²) in [5, 5.41) is 228. The zero-order valence-electron chi connectivity index (χ0n) is 49.8. The maximum absolute atomic E-state index is 15.4. The molecule has 34 nitrogen and oxygen atoms in total. The van der Waals surface area contributed by atoms with Crippen molar-refractivity contribution in [2.24, 2.45) is 28.1 Å². The van der Waals surface area contributed by atoms with Gasteiger partial charge in [-0.15, -0.1) is 0 Å². The first-order chi connectivity index (χ1) is 42.4. The van der Waals surface area contributed by atoms with Crippen LogP contribution in [0, 0.1) is 28.1 Å². The molecule has 6 aliphatic heterocycles. The van der Waals surface area contributed by atoms with Crippen molar-refractivity contribution in [1.29, 1.82) is 0 Å². The first-order valence-electron chi connectivity index (χ1n) is 30.8. The smallest absolute Gasteiger partial charge is 0.314 e. The lowest BCUT2D eigenvalue weighted by Crippen LogP contribution is -2.68. The molecule has 10 rings (SSSR count). The largest absolute Gasteiger partial charge is 0.432 e. The molecule has 0 aromatic heterocycles. The third-order valence-electron chi connectivity index (χ3n) is 21.8. The molecule has 0 aromatic rings. The summed E-state index contributed by atoms with van der Waals surface area (Å²) >= 11 is 0. The SMILES string of the molecule is CC1(C(=O)OC2OC(CO)C(O)C(OC3OC(CO)C(O)C(O)C3O)C2OC2OC(CO)C(O)C(O)C2O)CCCC2(C)C3CCC4(OC5OC(CO)C(O)C(OC6OC(CO)C(O)C(O)C6O)C5OC5OC(CO)C(O)C(O)C5O)CC3(CCC12)CC4(C)O. The molecule has 520 valence electrons. The molecular weight excluding hydrogens is 1220 g/mol. The Kier molecular flexibility index (Phi) is 21.5. The summed E-state index contributed by atoms with van der Waals surface area (Å²) in [4.78, 5) is 15.4. The summed E-state index contributed by atoms with van der Waals surface area (Å²) in [7, 11) is 0. The third-order valence-corrected chi connectivity index (χ3v) is 21.8. The van der Waals surface area contributed by atoms with Gasteiger partial charge in [0.25, 0.3) is 0 Å². The highest BCUT2D eigenvalue weighted by Crippen LogP contribution is 2.74. The number of fused-ring (bicyclic) bond motifs is 3. The Morgan fingerprint density at radius 3 is 1.13 bits per heavy atom. The van der Waals surface area contributed by atoms with Crippen LogP contribution in [0.2, 0.25) is 0 Å². The van der Waals surface area contributed by atoms with E-state index in [1.54, 1.807) is 13.8 Å². The van der Waals surface area contributed by atoms with Gasteiger partial charge >= 0.3 is 5.97 Å². The number of carbonyl (C=O) groups excluding carboxylic acids is 1. The van der Waals surface area contributed by atoms with E-state index in [-0.39, 0.29) is 31.6 Å². The Morgan fingerprint density at radius 2 is 0.733 bits per heavy atom. The summed E-state index contributed by atoms with van der Waals surface area (Å²) in [6.07, 6.45) is -53.9. The van der Waals surface area contributed by atoms with Crippen LogP contribution < -0.4 is 0 Å². The molecule has 1 spiro atoms. The summed E-state index contributed by atoms with van der Waals surface area (Å²) < 4.78 is 72.7. The van der Waals surface area contributed by atoms with E-state index in [4.69, 9.17) is 56.8 Å². The predicted octanol–water partition coefficient (Wildman–Crippen LogP) is -10.3. The molecule has 0 aromatic carbocycles. The van der Waals surface area contributed by atoms with Gasteiger partial charge in [0.05, 0.1) is 50.7 Å². The van der Waals surface area contributed by atoms with Crippen molar-refractivity contribution in [2.75, 3.05) is 39.6 Å². The molecule has 34 heteroatoms. The number of aliphatic hydroxyl groups is 21. The molecule has 90 heavy (non-hydrogen) atoms. The van der Waals surface area contributed by atoms with Crippen molar-refractivity contribution in [3.8, 4) is 0 Å². The second-order valence-electron chi connectivity index (χ2n) is 27.1. The van der Waals surface area contributed by atoms with E-state index in [0.29, 0.717) is 32.1 Å². The van der Waals surface area contributed by atoms with E-state index in [1.165, 1.54) is 0 Å². The normalized spacial score (nSPS) is 55.6. The van der Waals surface area contributed by atoms with Crippen LogP contribution in [0.25, 0.3) is 0 Å². The van der Waals surface area contributed by atoms with Gasteiger partial charge in [-0.2, -0.15) is 0 Å². The molecular formula is C56H92O34. The van der Waals surface area contributed by atoms with Crippen molar-refractivity contribution in [3.63, 3.8) is 0 Å². The highest BCUT2D eigenvalue weighted by atomic mass is 16.8. The van der Waals surface area contributed by atoms with Crippen LogP contribution in [0.4, 0.5) is 0 Å². The predicted molar refractivity (Wildman–Crippen MR) is 286 cm³/mol. The highest BCUT2D eigenvalue weighted by Gasteiger charge is 2.74. The summed E-state index contributed by atoms with van der Waals surface area (Å²) in [5.74, 6) is -1.66. The fourth-order valence-corrected chi connectivity index (χ4v) is 16.9. The average molecular weight is 1310 g/mol. The Balaban J connectivity index is 0.932. The second kappa shape index (κ2) is 27.2. The number of aliphatic hydroxyl groups excluding tert-OH is 20. The van der Waals surface area contributed by atoms with Crippen molar-refractivity contribution in [1.82, 2.24) is 0 Å². The Morgan fingerprint density at radius 1 is 0.389 bits per heavy atom. The molecule has 0 amide bonds. The van der Waals surface area contributed by atoms with Crippen LogP contribution in [0.3, 0.4) is 0 Å². The van der Waals surface area contributed by atoms with Crippen molar-refractivity contribution in [3.05, 3.63) is 0 Å². The number of hydrogen-bond donors (Lipinski definition) is 21. The quantitative estimate of drug-likeness (QED) is 0.0448. The number of hydrogen-bond acceptors (Lipinski definition) is 34. The monoisotopic (exact) mass is 1310 g/mol. The third kappa shape index (κ3) is 12.2. The first kappa shape index (κ1) is 71.0. The molecule has 0 radical (unpaired) electrons. The Hall–Kier alpha value is -1.81. The molecule has 10 aliphatic rings. The van der Waals surface area contributed by atoms with Gasteiger partial charge in [-0.3, -0.25) is 4.79 Å². The molecule has 10 fully saturated rings. The minimum Gasteiger partial charge on any atom is -0.432 e. The zero-order chi connectivity index (χ0) is 65.6. The van der Waals surface area contributed by atoms with Gasteiger partial charge in [0, 0.05) is 0 Å². The fourth-order valence-electron chi connectivity index (χ4n) is 16.9. The summed E-state index contributed by atoms with van der Waals surface area (Å²) in [6.45, 7) is -0.131. The van der Waals surface area contributed by atoms with Gasteiger partial charge in [-0.1, -0.05) is 13.3 Å². The van der Waals surface area contributed by atoms with E-state index in [1.807, 2.05) is 6.92 Å². The molecule has 2 bridgehead atoms. The van der Waals surface area contributed by atoms with Gasteiger partial charge in [0.15, 0.2) is 37.6 Å². The van der Waals surface area contributed by atoms with E-state index in [0.717, 1.165) is 0 Å². The summed E-state index contributed by atoms with van der Waals surface area (Å²) in [6, 6.07) is 0. The molecule has 4 aliphatic carbocycles. The van der Waals surface area contributed by atoms with Gasteiger partial charge in [0.2, 0.25) is 6.29 Å². The van der Waals surface area contributed by atoms with Crippen LogP contribution in [-0.2, 0) is 61.6 Å². The van der Waals surface area contributed by atoms with Crippen LogP contribution >= 0.6 is 0 Å². The van der Waals surface area contributed by atoms with Crippen molar-refractivity contribution < 1.29 is 169 Å². The average Bonchev–Trinajstić information content (AvgIpc) is 1.47. The van der Waals surface area contributed by atoms with E-state index >= 15 is 4.79 Å². The lowest BCUT2D eigenvalue weighted by molar-refractivity contribution is -0.406. The number of ether oxygens (including phenoxy) is 12. The standard InChI is InChI=1S/C56H92O34/c1-52-7-4-8-53(2,51(77)89-49-43(87-47-39(75)35(71)29(65)21(13-59)81-47)41(31(67)23(15-61)83-49)85-45-37(73)33(69)27(63)19(11-57)79-45)25(52)5-9-55-17-54(3,78)56(18-55,10-6-26(52)55)90-50-44(88-48-40(76)36(72)30(66)22(14-60)82-48)42(32(68)24(16-62)84-50)86-46-38(74)34(70)28(64)20(12-58)80-46/h19-50,57-76,78H,4-18H2,1-3H3. The Bertz CT molecular complexity index is 2400. The van der Waals surface area contributed by atoms with Gasteiger partial charge in [0.1, 0.15) is 146 Å². The molecule has 21 N–H and O–H groups in total. The Labute approximate surface area is 515 Å². The summed E-state index contributed by atoms with van der Waals surface area (Å²) in [5.41, 5.74) is -6.22. The van der Waals surface area contributed by atoms with E-state index < -0.39 is 263 Å². The van der Waals surface area contributed by atoms with E-state index in [2.05, 4.69) is 0 Å². The molecule has 4 saturated carbocycles. The maximum atomic E-state index is 15.4. The molecule has 37 atom stereocenters.